The van der Waals surface area contributed by atoms with Crippen LogP contribution in [0.5, 0.6) is 0 Å². The van der Waals surface area contributed by atoms with E-state index in [1.165, 1.54) is 0 Å². The Morgan fingerprint density at radius 1 is 0.931 bits per heavy atom. The summed E-state index contributed by atoms with van der Waals surface area (Å²) < 4.78 is 0. The van der Waals surface area contributed by atoms with E-state index >= 15 is 0 Å². The van der Waals surface area contributed by atoms with Crippen LogP contribution in [0.1, 0.15) is 15.9 Å². The summed E-state index contributed by atoms with van der Waals surface area (Å²) in [5, 5.41) is 14.6. The fraction of sp³-hybridized carbons (Fsp3) is 0.273. The first-order valence-electron chi connectivity index (χ1n) is 9.76. The lowest BCUT2D eigenvalue weighted by molar-refractivity contribution is -0.114. The number of piperazine rings is 1. The number of carbonyl (C=O) groups excluding carboxylic acids is 2. The Hall–Kier alpha value is -3.16. The van der Waals surface area contributed by atoms with Crippen LogP contribution in [0, 0.1) is 0 Å². The predicted octanol–water partition coefficient (Wildman–Crippen LogP) is 1.52. The first-order valence-corrected chi connectivity index (χ1v) is 9.76. The Morgan fingerprint density at radius 3 is 2.31 bits per heavy atom. The molecule has 150 valence electrons. The Morgan fingerprint density at radius 2 is 1.62 bits per heavy atom. The lowest BCUT2D eigenvalue weighted by Gasteiger charge is -2.35. The average Bonchev–Trinajstić information content (AvgIpc) is 2.75. The van der Waals surface area contributed by atoms with E-state index in [9.17, 15) is 9.59 Å². The van der Waals surface area contributed by atoms with Crippen molar-refractivity contribution >= 4 is 28.8 Å². The lowest BCUT2D eigenvalue weighted by atomic mass is 9.96. The van der Waals surface area contributed by atoms with E-state index in [0.717, 1.165) is 44.1 Å². The zero-order valence-corrected chi connectivity index (χ0v) is 16.1. The molecule has 7 heteroatoms. The highest BCUT2D eigenvalue weighted by Gasteiger charge is 2.26. The van der Waals surface area contributed by atoms with Gasteiger partial charge in [0, 0.05) is 61.4 Å². The second-order valence-electron chi connectivity index (χ2n) is 7.13. The van der Waals surface area contributed by atoms with Gasteiger partial charge in [0.1, 0.15) is 0 Å². The number of aliphatic hydroxyl groups excluding tert-OH is 1. The number of hydrogen-bond donors (Lipinski definition) is 3. The van der Waals surface area contributed by atoms with Crippen molar-refractivity contribution < 1.29 is 14.7 Å². The van der Waals surface area contributed by atoms with Gasteiger partial charge in [0.2, 0.25) is 0 Å². The first-order chi connectivity index (χ1) is 14.2. The van der Waals surface area contributed by atoms with Crippen LogP contribution < -0.4 is 15.5 Å². The zero-order chi connectivity index (χ0) is 20.2. The summed E-state index contributed by atoms with van der Waals surface area (Å²) in [4.78, 5) is 28.8. The molecule has 2 aromatic carbocycles. The third-order valence-corrected chi connectivity index (χ3v) is 5.34. The molecule has 2 aliphatic heterocycles. The molecule has 29 heavy (non-hydrogen) atoms. The standard InChI is InChI=1S/C22H24N4O3/c27-14-13-25-9-11-26(12-10-25)17-7-5-16(6-8-17)23-15-20-18-3-1-2-4-19(18)21(28)24-22(20)29/h1-8,15,23,27H,9-14H2,(H,24,28,29). The quantitative estimate of drug-likeness (QED) is 0.529. The molecule has 0 aliphatic carbocycles. The molecule has 1 saturated heterocycles. The molecule has 2 aliphatic rings. The van der Waals surface area contributed by atoms with Crippen molar-refractivity contribution in [3.63, 3.8) is 0 Å². The second kappa shape index (κ2) is 8.46. The molecule has 0 aromatic heterocycles. The maximum atomic E-state index is 12.3. The molecule has 0 bridgehead atoms. The summed E-state index contributed by atoms with van der Waals surface area (Å²) in [7, 11) is 0. The van der Waals surface area contributed by atoms with Crippen LogP contribution in [0.3, 0.4) is 0 Å². The van der Waals surface area contributed by atoms with Gasteiger partial charge >= 0.3 is 0 Å². The molecule has 0 atom stereocenters. The molecule has 7 nitrogen and oxygen atoms in total. The molecular weight excluding hydrogens is 368 g/mol. The molecule has 0 radical (unpaired) electrons. The van der Waals surface area contributed by atoms with Gasteiger partial charge in [-0.2, -0.15) is 0 Å². The molecule has 0 saturated carbocycles. The van der Waals surface area contributed by atoms with E-state index in [1.807, 2.05) is 18.2 Å². The minimum Gasteiger partial charge on any atom is -0.395 e. The van der Waals surface area contributed by atoms with Crippen molar-refractivity contribution in [1.29, 1.82) is 0 Å². The maximum Gasteiger partial charge on any atom is 0.260 e. The van der Waals surface area contributed by atoms with Crippen LogP contribution >= 0.6 is 0 Å². The lowest BCUT2D eigenvalue weighted by Crippen LogP contribution is -2.47. The van der Waals surface area contributed by atoms with Crippen LogP contribution in [-0.4, -0.2) is 61.2 Å². The number of rotatable bonds is 5. The summed E-state index contributed by atoms with van der Waals surface area (Å²) in [5.74, 6) is -0.773. The number of amides is 2. The Balaban J connectivity index is 1.44. The number of carbonyl (C=O) groups is 2. The van der Waals surface area contributed by atoms with Crippen LogP contribution in [0.15, 0.2) is 54.7 Å². The monoisotopic (exact) mass is 392 g/mol. The van der Waals surface area contributed by atoms with Crippen molar-refractivity contribution in [3.8, 4) is 0 Å². The third kappa shape index (κ3) is 4.16. The Bertz CT molecular complexity index is 931. The van der Waals surface area contributed by atoms with Gasteiger partial charge in [0.25, 0.3) is 11.8 Å². The number of benzene rings is 2. The number of anilines is 2. The number of β-amino-alcohol motifs (C(OH)–C–C–N with tert-alkyl or cyclic N) is 1. The SMILES string of the molecule is O=C1NC(=O)c2ccccc2C1=CNc1ccc(N2CCN(CCO)CC2)cc1. The zero-order valence-electron chi connectivity index (χ0n) is 16.1. The predicted molar refractivity (Wildman–Crippen MR) is 113 cm³/mol. The third-order valence-electron chi connectivity index (χ3n) is 5.34. The molecular formula is C22H24N4O3. The van der Waals surface area contributed by atoms with Gasteiger partial charge in [-0.05, 0) is 30.3 Å². The summed E-state index contributed by atoms with van der Waals surface area (Å²) in [6, 6.07) is 15.1. The van der Waals surface area contributed by atoms with E-state index < -0.39 is 5.91 Å². The van der Waals surface area contributed by atoms with Crippen LogP contribution in [0.4, 0.5) is 11.4 Å². The Kier molecular flexibility index (Phi) is 5.59. The van der Waals surface area contributed by atoms with E-state index in [0.29, 0.717) is 16.7 Å². The van der Waals surface area contributed by atoms with Gasteiger partial charge in [-0.25, -0.2) is 0 Å². The van der Waals surface area contributed by atoms with Crippen LogP contribution in [0.25, 0.3) is 5.57 Å². The summed E-state index contributed by atoms with van der Waals surface area (Å²) in [6.45, 7) is 4.68. The second-order valence-corrected chi connectivity index (χ2v) is 7.13. The average molecular weight is 392 g/mol. The van der Waals surface area contributed by atoms with Gasteiger partial charge in [-0.1, -0.05) is 18.2 Å². The fourth-order valence-electron chi connectivity index (χ4n) is 3.71. The topological polar surface area (TPSA) is 84.9 Å². The van der Waals surface area contributed by atoms with Gasteiger partial charge in [0.05, 0.1) is 12.2 Å². The van der Waals surface area contributed by atoms with Crippen molar-refractivity contribution in [2.75, 3.05) is 49.5 Å². The molecule has 4 rings (SSSR count). The number of aliphatic hydroxyl groups is 1. The van der Waals surface area contributed by atoms with E-state index in [4.69, 9.17) is 5.11 Å². The number of nitrogens with one attached hydrogen (secondary N) is 2. The summed E-state index contributed by atoms with van der Waals surface area (Å²) >= 11 is 0. The number of imide groups is 1. The first kappa shape index (κ1) is 19.2. The summed E-state index contributed by atoms with van der Waals surface area (Å²) in [6.07, 6.45) is 1.64. The van der Waals surface area contributed by atoms with Crippen molar-refractivity contribution in [3.05, 3.63) is 65.9 Å². The molecule has 0 unspecified atom stereocenters. The van der Waals surface area contributed by atoms with Crippen molar-refractivity contribution in [2.45, 2.75) is 0 Å². The number of hydrogen-bond acceptors (Lipinski definition) is 6. The largest absolute Gasteiger partial charge is 0.395 e. The normalized spacial score (nSPS) is 18.5. The molecule has 3 N–H and O–H groups in total. The fourth-order valence-corrected chi connectivity index (χ4v) is 3.71. The molecule has 2 aromatic rings. The van der Waals surface area contributed by atoms with Gasteiger partial charge < -0.3 is 15.3 Å². The van der Waals surface area contributed by atoms with Gasteiger partial charge in [-0.15, -0.1) is 0 Å². The van der Waals surface area contributed by atoms with E-state index in [2.05, 4.69) is 32.6 Å². The van der Waals surface area contributed by atoms with Gasteiger partial charge in [0.15, 0.2) is 0 Å². The van der Waals surface area contributed by atoms with Crippen LogP contribution in [-0.2, 0) is 4.79 Å². The molecule has 2 heterocycles. The molecule has 0 spiro atoms. The van der Waals surface area contributed by atoms with E-state index in [-0.39, 0.29) is 12.5 Å². The number of fused-ring (bicyclic) bond motifs is 1. The van der Waals surface area contributed by atoms with Crippen molar-refractivity contribution in [1.82, 2.24) is 10.2 Å². The van der Waals surface area contributed by atoms with E-state index in [1.54, 1.807) is 24.4 Å². The molecule has 2 amide bonds. The van der Waals surface area contributed by atoms with Crippen LogP contribution in [0.2, 0.25) is 0 Å². The number of nitrogens with zero attached hydrogens (tertiary/aromatic N) is 2. The molecule has 1 fully saturated rings. The highest BCUT2D eigenvalue weighted by Crippen LogP contribution is 2.25. The smallest absolute Gasteiger partial charge is 0.260 e. The minimum atomic E-state index is -0.404. The van der Waals surface area contributed by atoms with Crippen molar-refractivity contribution in [2.24, 2.45) is 0 Å². The Labute approximate surface area is 169 Å². The highest BCUT2D eigenvalue weighted by molar-refractivity contribution is 6.31. The minimum absolute atomic E-state index is 0.201. The highest BCUT2D eigenvalue weighted by atomic mass is 16.3. The van der Waals surface area contributed by atoms with Gasteiger partial charge in [-0.3, -0.25) is 19.8 Å². The summed E-state index contributed by atoms with van der Waals surface area (Å²) in [5.41, 5.74) is 3.58. The maximum absolute atomic E-state index is 12.3.